The molecule has 114 valence electrons. The highest BCUT2D eigenvalue weighted by atomic mass is 35.5. The lowest BCUT2D eigenvalue weighted by atomic mass is 9.96. The van der Waals surface area contributed by atoms with E-state index in [-0.39, 0.29) is 23.5 Å². The van der Waals surface area contributed by atoms with Gasteiger partial charge >= 0.3 is 5.51 Å². The Bertz CT molecular complexity index is 570. The van der Waals surface area contributed by atoms with E-state index < -0.39 is 20.2 Å². The number of rotatable bonds is 5. The third-order valence-corrected chi connectivity index (χ3v) is 4.87. The number of alkyl halides is 4. The summed E-state index contributed by atoms with van der Waals surface area (Å²) in [6, 6.07) is 4.93. The van der Waals surface area contributed by atoms with E-state index in [1.165, 1.54) is 18.2 Å². The SMILES string of the molecule is CC(C)(CCl)CNc1ccccc1S(=O)(=O)C(F)(F)F. The first-order chi connectivity index (χ1) is 9.01. The summed E-state index contributed by atoms with van der Waals surface area (Å²) in [7, 11) is -5.38. The van der Waals surface area contributed by atoms with Crippen molar-refractivity contribution in [3.8, 4) is 0 Å². The lowest BCUT2D eigenvalue weighted by Crippen LogP contribution is -2.27. The van der Waals surface area contributed by atoms with Crippen LogP contribution in [0.5, 0.6) is 0 Å². The molecule has 8 heteroatoms. The zero-order valence-corrected chi connectivity index (χ0v) is 12.5. The summed E-state index contributed by atoms with van der Waals surface area (Å²) >= 11 is 5.72. The third-order valence-electron chi connectivity index (χ3n) is 2.60. The molecular formula is C12H15ClF3NO2S. The Hall–Kier alpha value is -0.950. The molecule has 0 atom stereocenters. The molecule has 0 spiro atoms. The van der Waals surface area contributed by atoms with Crippen LogP contribution in [0, 0.1) is 5.41 Å². The molecule has 0 aliphatic rings. The molecule has 0 heterocycles. The topological polar surface area (TPSA) is 46.2 Å². The summed E-state index contributed by atoms with van der Waals surface area (Å²) in [4.78, 5) is -0.780. The highest BCUT2D eigenvalue weighted by Gasteiger charge is 2.47. The molecule has 1 aromatic rings. The van der Waals surface area contributed by atoms with Gasteiger partial charge in [0, 0.05) is 12.4 Å². The maximum atomic E-state index is 12.6. The average molecular weight is 330 g/mol. The van der Waals surface area contributed by atoms with Gasteiger partial charge in [-0.1, -0.05) is 26.0 Å². The predicted molar refractivity (Wildman–Crippen MR) is 72.7 cm³/mol. The van der Waals surface area contributed by atoms with Crippen LogP contribution in [0.3, 0.4) is 0 Å². The Morgan fingerprint density at radius 2 is 1.75 bits per heavy atom. The van der Waals surface area contributed by atoms with E-state index in [9.17, 15) is 21.6 Å². The summed E-state index contributed by atoms with van der Waals surface area (Å²) < 4.78 is 60.8. The second-order valence-electron chi connectivity index (χ2n) is 5.10. The molecule has 0 bridgehead atoms. The van der Waals surface area contributed by atoms with Crippen molar-refractivity contribution in [1.29, 1.82) is 0 Å². The van der Waals surface area contributed by atoms with E-state index >= 15 is 0 Å². The number of nitrogens with one attached hydrogen (secondary N) is 1. The standard InChI is InChI=1S/C12H15ClF3NO2S/c1-11(2,7-13)8-17-9-5-3-4-6-10(9)20(18,19)12(14,15)16/h3-6,17H,7-8H2,1-2H3. The molecule has 1 rings (SSSR count). The predicted octanol–water partition coefficient (Wildman–Crippen LogP) is 3.66. The van der Waals surface area contributed by atoms with Crippen LogP contribution in [0.4, 0.5) is 18.9 Å². The van der Waals surface area contributed by atoms with Gasteiger partial charge in [0.05, 0.1) is 10.6 Å². The largest absolute Gasteiger partial charge is 0.501 e. The van der Waals surface area contributed by atoms with E-state index in [2.05, 4.69) is 5.32 Å². The zero-order chi connectivity index (χ0) is 15.6. The van der Waals surface area contributed by atoms with Gasteiger partial charge in [0.15, 0.2) is 0 Å². The Kier molecular flexibility index (Phi) is 4.97. The summed E-state index contributed by atoms with van der Waals surface area (Å²) in [6.07, 6.45) is 0. The molecular weight excluding hydrogens is 315 g/mol. The Balaban J connectivity index is 3.14. The quantitative estimate of drug-likeness (QED) is 0.839. The van der Waals surface area contributed by atoms with Gasteiger partial charge in [-0.2, -0.15) is 13.2 Å². The van der Waals surface area contributed by atoms with Crippen molar-refractivity contribution in [2.45, 2.75) is 24.3 Å². The fourth-order valence-corrected chi connectivity index (χ4v) is 2.38. The lowest BCUT2D eigenvalue weighted by molar-refractivity contribution is -0.0435. The number of sulfone groups is 1. The minimum absolute atomic E-state index is 0.0805. The van der Waals surface area contributed by atoms with Crippen LogP contribution in [0.15, 0.2) is 29.2 Å². The summed E-state index contributed by atoms with van der Waals surface area (Å²) in [5.74, 6) is 0.286. The fourth-order valence-electron chi connectivity index (χ4n) is 1.35. The first-order valence-electron chi connectivity index (χ1n) is 5.71. The average Bonchev–Trinajstić information content (AvgIpc) is 2.35. The molecule has 0 amide bonds. The fraction of sp³-hybridized carbons (Fsp3) is 0.500. The Morgan fingerprint density at radius 3 is 2.25 bits per heavy atom. The van der Waals surface area contributed by atoms with E-state index in [0.717, 1.165) is 6.07 Å². The van der Waals surface area contributed by atoms with Gasteiger partial charge in [0.2, 0.25) is 0 Å². The molecule has 0 radical (unpaired) electrons. The number of hydrogen-bond donors (Lipinski definition) is 1. The maximum absolute atomic E-state index is 12.6. The van der Waals surface area contributed by atoms with Crippen LogP contribution in [0.2, 0.25) is 0 Å². The molecule has 0 saturated carbocycles. The summed E-state index contributed by atoms with van der Waals surface area (Å²) in [5, 5.41) is 2.72. The van der Waals surface area contributed by atoms with Crippen LogP contribution >= 0.6 is 11.6 Å². The minimum atomic E-state index is -5.38. The van der Waals surface area contributed by atoms with Crippen molar-refractivity contribution in [1.82, 2.24) is 0 Å². The van der Waals surface area contributed by atoms with E-state index in [1.54, 1.807) is 0 Å². The first-order valence-corrected chi connectivity index (χ1v) is 7.73. The number of hydrogen-bond acceptors (Lipinski definition) is 3. The molecule has 1 N–H and O–H groups in total. The number of benzene rings is 1. The van der Waals surface area contributed by atoms with Crippen molar-refractivity contribution in [3.05, 3.63) is 24.3 Å². The smallest absolute Gasteiger partial charge is 0.383 e. The molecule has 1 aromatic carbocycles. The van der Waals surface area contributed by atoms with E-state index in [4.69, 9.17) is 11.6 Å². The monoisotopic (exact) mass is 329 g/mol. The highest BCUT2D eigenvalue weighted by Crippen LogP contribution is 2.34. The van der Waals surface area contributed by atoms with Crippen LogP contribution in [-0.2, 0) is 9.84 Å². The summed E-state index contributed by atoms with van der Waals surface area (Å²) in [6.45, 7) is 3.88. The number of para-hydroxylation sites is 1. The molecule has 0 fully saturated rings. The Labute approximate surface area is 121 Å². The molecule has 0 aromatic heterocycles. The van der Waals surface area contributed by atoms with Crippen LogP contribution in [-0.4, -0.2) is 26.4 Å². The van der Waals surface area contributed by atoms with Crippen LogP contribution in [0.25, 0.3) is 0 Å². The molecule has 0 saturated heterocycles. The third kappa shape index (κ3) is 3.79. The van der Waals surface area contributed by atoms with Crippen LogP contribution in [0.1, 0.15) is 13.8 Å². The minimum Gasteiger partial charge on any atom is -0.383 e. The summed E-state index contributed by atoms with van der Waals surface area (Å²) in [5.41, 5.74) is -5.79. The molecule has 0 aliphatic carbocycles. The zero-order valence-electron chi connectivity index (χ0n) is 11.0. The van der Waals surface area contributed by atoms with Gasteiger partial charge in [0.25, 0.3) is 9.84 Å². The van der Waals surface area contributed by atoms with Gasteiger partial charge < -0.3 is 5.32 Å². The van der Waals surface area contributed by atoms with Gasteiger partial charge in [-0.05, 0) is 17.5 Å². The van der Waals surface area contributed by atoms with Gasteiger partial charge in [-0.3, -0.25) is 0 Å². The molecule has 0 aliphatic heterocycles. The maximum Gasteiger partial charge on any atom is 0.501 e. The van der Waals surface area contributed by atoms with Crippen molar-refractivity contribution in [2.24, 2.45) is 5.41 Å². The van der Waals surface area contributed by atoms with Crippen LogP contribution < -0.4 is 5.32 Å². The van der Waals surface area contributed by atoms with Crippen molar-refractivity contribution >= 4 is 27.1 Å². The molecule has 0 unspecified atom stereocenters. The van der Waals surface area contributed by atoms with Crippen molar-refractivity contribution in [3.63, 3.8) is 0 Å². The van der Waals surface area contributed by atoms with Gasteiger partial charge in [-0.25, -0.2) is 8.42 Å². The number of anilines is 1. The van der Waals surface area contributed by atoms with Crippen molar-refractivity contribution in [2.75, 3.05) is 17.7 Å². The van der Waals surface area contributed by atoms with E-state index in [1.807, 2.05) is 13.8 Å². The van der Waals surface area contributed by atoms with Gasteiger partial charge in [-0.15, -0.1) is 11.6 Å². The van der Waals surface area contributed by atoms with Crippen molar-refractivity contribution < 1.29 is 21.6 Å². The second-order valence-corrected chi connectivity index (χ2v) is 7.27. The molecule has 3 nitrogen and oxygen atoms in total. The lowest BCUT2D eigenvalue weighted by Gasteiger charge is -2.23. The molecule has 20 heavy (non-hydrogen) atoms. The Morgan fingerprint density at radius 1 is 1.20 bits per heavy atom. The van der Waals surface area contributed by atoms with E-state index in [0.29, 0.717) is 0 Å². The first kappa shape index (κ1) is 17.1. The van der Waals surface area contributed by atoms with Gasteiger partial charge in [0.1, 0.15) is 0 Å². The number of halogens is 4. The highest BCUT2D eigenvalue weighted by molar-refractivity contribution is 7.92. The second kappa shape index (κ2) is 5.81. The normalized spacial score (nSPS) is 13.3.